The van der Waals surface area contributed by atoms with E-state index in [1.54, 1.807) is 0 Å². The quantitative estimate of drug-likeness (QED) is 0.597. The average Bonchev–Trinajstić information content (AvgIpc) is 2.45. The summed E-state index contributed by atoms with van der Waals surface area (Å²) in [4.78, 5) is 21.7. The van der Waals surface area contributed by atoms with Crippen molar-refractivity contribution in [2.75, 3.05) is 13.1 Å². The van der Waals surface area contributed by atoms with E-state index in [2.05, 4.69) is 17.6 Å². The zero-order chi connectivity index (χ0) is 15.0. The van der Waals surface area contributed by atoms with Crippen LogP contribution in [0.15, 0.2) is 30.3 Å². The summed E-state index contributed by atoms with van der Waals surface area (Å²) in [6.45, 7) is 2.24. The van der Waals surface area contributed by atoms with Gasteiger partial charge in [0.1, 0.15) is 0 Å². The van der Waals surface area contributed by atoms with Gasteiger partial charge in [-0.2, -0.15) is 0 Å². The third kappa shape index (κ3) is 5.71. The largest absolute Gasteiger partial charge is 0.479 e. The van der Waals surface area contributed by atoms with Crippen LogP contribution < -0.4 is 10.6 Å². The van der Waals surface area contributed by atoms with E-state index in [-0.39, 0.29) is 6.54 Å². The third-order valence-electron chi connectivity index (χ3n) is 2.97. The smallest absolute Gasteiger partial charge is 0.334 e. The number of aliphatic hydroxyl groups is 1. The second-order valence-electron chi connectivity index (χ2n) is 4.59. The zero-order valence-electron chi connectivity index (χ0n) is 11.4. The molecule has 0 aliphatic heterocycles. The SMILES string of the molecule is CC(CCNC(=O)NCC(O)C(=O)O)c1ccccc1. The van der Waals surface area contributed by atoms with Gasteiger partial charge >= 0.3 is 12.0 Å². The number of carboxylic acid groups (broad SMARTS) is 1. The Hall–Kier alpha value is -2.08. The minimum Gasteiger partial charge on any atom is -0.479 e. The summed E-state index contributed by atoms with van der Waals surface area (Å²) < 4.78 is 0. The van der Waals surface area contributed by atoms with E-state index in [0.29, 0.717) is 12.5 Å². The lowest BCUT2D eigenvalue weighted by Gasteiger charge is -2.13. The highest BCUT2D eigenvalue weighted by molar-refractivity contribution is 5.76. The number of benzene rings is 1. The van der Waals surface area contributed by atoms with Crippen molar-refractivity contribution in [3.63, 3.8) is 0 Å². The summed E-state index contributed by atoms with van der Waals surface area (Å²) in [6, 6.07) is 9.49. The molecule has 0 heterocycles. The maximum Gasteiger partial charge on any atom is 0.334 e. The van der Waals surface area contributed by atoms with E-state index in [9.17, 15) is 9.59 Å². The fraction of sp³-hybridized carbons (Fsp3) is 0.429. The Labute approximate surface area is 117 Å². The van der Waals surface area contributed by atoms with Gasteiger partial charge in [0, 0.05) is 6.54 Å². The molecule has 6 heteroatoms. The number of urea groups is 1. The molecule has 0 saturated carbocycles. The molecule has 0 radical (unpaired) electrons. The topological polar surface area (TPSA) is 98.7 Å². The molecule has 1 rings (SSSR count). The van der Waals surface area contributed by atoms with Crippen molar-refractivity contribution in [1.29, 1.82) is 0 Å². The van der Waals surface area contributed by atoms with Gasteiger partial charge in [0.2, 0.25) is 0 Å². The summed E-state index contributed by atoms with van der Waals surface area (Å²) in [6.07, 6.45) is -0.803. The van der Waals surface area contributed by atoms with Crippen molar-refractivity contribution in [2.45, 2.75) is 25.4 Å². The number of hydrogen-bond donors (Lipinski definition) is 4. The molecule has 0 fully saturated rings. The van der Waals surface area contributed by atoms with Crippen molar-refractivity contribution in [2.24, 2.45) is 0 Å². The molecule has 0 aliphatic rings. The molecular weight excluding hydrogens is 260 g/mol. The first-order valence-corrected chi connectivity index (χ1v) is 6.48. The highest BCUT2D eigenvalue weighted by atomic mass is 16.4. The zero-order valence-corrected chi connectivity index (χ0v) is 11.4. The Balaban J connectivity index is 2.20. The average molecular weight is 280 g/mol. The maximum absolute atomic E-state index is 11.4. The molecule has 2 atom stereocenters. The van der Waals surface area contributed by atoms with Gasteiger partial charge < -0.3 is 20.8 Å². The molecule has 0 bridgehead atoms. The van der Waals surface area contributed by atoms with Crippen LogP contribution in [-0.2, 0) is 4.79 Å². The first kappa shape index (κ1) is 16.0. The number of rotatable bonds is 7. The molecule has 0 spiro atoms. The summed E-state index contributed by atoms with van der Waals surface area (Å²) in [5, 5.41) is 22.4. The molecule has 20 heavy (non-hydrogen) atoms. The standard InChI is InChI=1S/C14H20N2O4/c1-10(11-5-3-2-4-6-11)7-8-15-14(20)16-9-12(17)13(18)19/h2-6,10,12,17H,7-9H2,1H3,(H,18,19)(H2,15,16,20). The van der Waals surface area contributed by atoms with Crippen LogP contribution in [0.2, 0.25) is 0 Å². The second-order valence-corrected chi connectivity index (χ2v) is 4.59. The molecule has 1 aromatic carbocycles. The number of carbonyl (C=O) groups is 2. The molecule has 0 aromatic heterocycles. The van der Waals surface area contributed by atoms with Crippen LogP contribution in [0.5, 0.6) is 0 Å². The number of nitrogens with one attached hydrogen (secondary N) is 2. The number of carbonyl (C=O) groups excluding carboxylic acids is 1. The first-order chi connectivity index (χ1) is 9.50. The highest BCUT2D eigenvalue weighted by Crippen LogP contribution is 2.17. The number of amides is 2. The molecule has 1 aromatic rings. The van der Waals surface area contributed by atoms with Crippen LogP contribution in [0.4, 0.5) is 4.79 Å². The minimum atomic E-state index is -1.58. The van der Waals surface area contributed by atoms with E-state index in [1.165, 1.54) is 5.56 Å². The highest BCUT2D eigenvalue weighted by Gasteiger charge is 2.13. The molecule has 0 aliphatic carbocycles. The second kappa shape index (κ2) is 8.16. The van der Waals surface area contributed by atoms with E-state index in [4.69, 9.17) is 10.2 Å². The summed E-state index contributed by atoms with van der Waals surface area (Å²) in [7, 11) is 0. The van der Waals surface area contributed by atoms with Gasteiger partial charge in [-0.3, -0.25) is 0 Å². The lowest BCUT2D eigenvalue weighted by atomic mass is 9.98. The van der Waals surface area contributed by atoms with E-state index < -0.39 is 18.1 Å². The third-order valence-corrected chi connectivity index (χ3v) is 2.97. The number of aliphatic hydroxyl groups excluding tert-OH is 1. The van der Waals surface area contributed by atoms with Gasteiger partial charge in [0.15, 0.2) is 6.10 Å². The molecule has 2 amide bonds. The number of aliphatic carboxylic acids is 1. The normalized spacial score (nSPS) is 13.3. The Morgan fingerprint density at radius 1 is 1.20 bits per heavy atom. The number of hydrogen-bond acceptors (Lipinski definition) is 3. The fourth-order valence-corrected chi connectivity index (χ4v) is 1.69. The van der Waals surface area contributed by atoms with Crippen molar-refractivity contribution in [3.8, 4) is 0 Å². The predicted molar refractivity (Wildman–Crippen MR) is 74.5 cm³/mol. The van der Waals surface area contributed by atoms with Crippen molar-refractivity contribution in [3.05, 3.63) is 35.9 Å². The molecular formula is C14H20N2O4. The summed E-state index contributed by atoms with van der Waals surface area (Å²) >= 11 is 0. The van der Waals surface area contributed by atoms with E-state index in [1.807, 2.05) is 30.3 Å². The van der Waals surface area contributed by atoms with Gasteiger partial charge in [0.25, 0.3) is 0 Å². The van der Waals surface area contributed by atoms with Crippen LogP contribution in [0.1, 0.15) is 24.8 Å². The van der Waals surface area contributed by atoms with Crippen LogP contribution in [0, 0.1) is 0 Å². The first-order valence-electron chi connectivity index (χ1n) is 6.48. The maximum atomic E-state index is 11.4. The van der Waals surface area contributed by atoms with E-state index >= 15 is 0 Å². The van der Waals surface area contributed by atoms with Gasteiger partial charge in [-0.15, -0.1) is 0 Å². The molecule has 0 saturated heterocycles. The van der Waals surface area contributed by atoms with Gasteiger partial charge in [-0.05, 0) is 17.9 Å². The van der Waals surface area contributed by atoms with Crippen LogP contribution in [-0.4, -0.2) is 41.4 Å². The molecule has 6 nitrogen and oxygen atoms in total. The number of carboxylic acids is 1. The summed E-state index contributed by atoms with van der Waals surface area (Å²) in [5.41, 5.74) is 1.20. The lowest BCUT2D eigenvalue weighted by molar-refractivity contribution is -0.146. The fourth-order valence-electron chi connectivity index (χ4n) is 1.69. The summed E-state index contributed by atoms with van der Waals surface area (Å²) in [5.74, 6) is -1.04. The Morgan fingerprint density at radius 3 is 2.45 bits per heavy atom. The van der Waals surface area contributed by atoms with Crippen molar-refractivity contribution in [1.82, 2.24) is 10.6 Å². The molecule has 4 N–H and O–H groups in total. The van der Waals surface area contributed by atoms with Gasteiger partial charge in [-0.25, -0.2) is 9.59 Å². The minimum absolute atomic E-state index is 0.310. The Morgan fingerprint density at radius 2 is 1.85 bits per heavy atom. The predicted octanol–water partition coefficient (Wildman–Crippen LogP) is 0.925. The molecule has 110 valence electrons. The van der Waals surface area contributed by atoms with E-state index in [0.717, 1.165) is 6.42 Å². The monoisotopic (exact) mass is 280 g/mol. The Bertz CT molecular complexity index is 436. The van der Waals surface area contributed by atoms with Crippen molar-refractivity contribution >= 4 is 12.0 Å². The van der Waals surface area contributed by atoms with Gasteiger partial charge in [0.05, 0.1) is 6.54 Å². The van der Waals surface area contributed by atoms with Crippen LogP contribution in [0.3, 0.4) is 0 Å². The Kier molecular flexibility index (Phi) is 6.52. The van der Waals surface area contributed by atoms with Crippen molar-refractivity contribution < 1.29 is 19.8 Å². The van der Waals surface area contributed by atoms with Gasteiger partial charge in [-0.1, -0.05) is 37.3 Å². The lowest BCUT2D eigenvalue weighted by Crippen LogP contribution is -2.42. The molecule has 2 unspecified atom stereocenters. The van der Waals surface area contributed by atoms with Crippen LogP contribution in [0.25, 0.3) is 0 Å². The van der Waals surface area contributed by atoms with Crippen LogP contribution >= 0.6 is 0 Å².